The van der Waals surface area contributed by atoms with Gasteiger partial charge in [0.1, 0.15) is 5.75 Å². The van der Waals surface area contributed by atoms with Gasteiger partial charge in [-0.2, -0.15) is 0 Å². The lowest BCUT2D eigenvalue weighted by molar-refractivity contribution is -0.150. The topological polar surface area (TPSA) is 81.7 Å². The molecule has 0 spiro atoms. The van der Waals surface area contributed by atoms with Crippen molar-refractivity contribution in [2.75, 3.05) is 13.2 Å². The smallest absolute Gasteiger partial charge is 0.344 e. The Morgan fingerprint density at radius 1 is 0.968 bits per heavy atom. The van der Waals surface area contributed by atoms with Gasteiger partial charge in [-0.15, -0.1) is 0 Å². The highest BCUT2D eigenvalue weighted by atomic mass is 16.6. The SMILES string of the molecule is CCC(=O)c1ccc(OCC(=O)OCC(=O)N[C@@H](C)c2ccc3c(c2)CCCC3)cc1. The number of nitrogens with one attached hydrogen (secondary N) is 1. The van der Waals surface area contributed by atoms with Crippen LogP contribution in [-0.4, -0.2) is 30.9 Å². The molecule has 1 aliphatic carbocycles. The van der Waals surface area contributed by atoms with Crippen LogP contribution in [0.15, 0.2) is 42.5 Å². The predicted molar refractivity (Wildman–Crippen MR) is 117 cm³/mol. The summed E-state index contributed by atoms with van der Waals surface area (Å²) in [6.07, 6.45) is 5.07. The standard InChI is InChI=1S/C25H29NO5/c1-3-23(27)19-10-12-22(13-11-19)30-16-25(29)31-15-24(28)26-17(2)20-9-8-18-6-4-5-7-21(18)14-20/h8-14,17H,3-7,15-16H2,1-2H3,(H,26,28)/t17-/m0/s1. The van der Waals surface area contributed by atoms with E-state index in [0.29, 0.717) is 17.7 Å². The molecule has 6 heteroatoms. The van der Waals surface area contributed by atoms with Gasteiger partial charge in [0, 0.05) is 12.0 Å². The first kappa shape index (κ1) is 22.5. The monoisotopic (exact) mass is 423 g/mol. The highest BCUT2D eigenvalue weighted by molar-refractivity contribution is 5.95. The van der Waals surface area contributed by atoms with Crippen LogP contribution in [0.3, 0.4) is 0 Å². The first-order valence-corrected chi connectivity index (χ1v) is 10.8. The van der Waals surface area contributed by atoms with Crippen LogP contribution < -0.4 is 10.1 Å². The number of fused-ring (bicyclic) bond motifs is 1. The number of hydrogen-bond acceptors (Lipinski definition) is 5. The second kappa shape index (κ2) is 10.8. The van der Waals surface area contributed by atoms with Crippen molar-refractivity contribution in [3.63, 3.8) is 0 Å². The molecule has 1 amide bonds. The van der Waals surface area contributed by atoms with Crippen molar-refractivity contribution in [1.29, 1.82) is 0 Å². The van der Waals surface area contributed by atoms with Gasteiger partial charge < -0.3 is 14.8 Å². The lowest BCUT2D eigenvalue weighted by Gasteiger charge is -2.20. The van der Waals surface area contributed by atoms with Crippen LogP contribution in [0.1, 0.15) is 66.2 Å². The van der Waals surface area contributed by atoms with Crippen LogP contribution >= 0.6 is 0 Å². The van der Waals surface area contributed by atoms with Gasteiger partial charge in [0.2, 0.25) is 0 Å². The van der Waals surface area contributed by atoms with Gasteiger partial charge in [-0.3, -0.25) is 9.59 Å². The molecule has 1 N–H and O–H groups in total. The number of esters is 1. The van der Waals surface area contributed by atoms with Crippen molar-refractivity contribution in [1.82, 2.24) is 5.32 Å². The average Bonchev–Trinajstić information content (AvgIpc) is 2.80. The summed E-state index contributed by atoms with van der Waals surface area (Å²) >= 11 is 0. The number of carbonyl (C=O) groups is 3. The molecule has 31 heavy (non-hydrogen) atoms. The van der Waals surface area contributed by atoms with Crippen LogP contribution in [0.25, 0.3) is 0 Å². The lowest BCUT2D eigenvalue weighted by atomic mass is 9.89. The largest absolute Gasteiger partial charge is 0.482 e. The summed E-state index contributed by atoms with van der Waals surface area (Å²) in [6, 6.07) is 12.8. The summed E-state index contributed by atoms with van der Waals surface area (Å²) in [5, 5.41) is 2.87. The molecule has 0 aromatic heterocycles. The van der Waals surface area contributed by atoms with Gasteiger partial charge in [-0.05, 0) is 73.6 Å². The van der Waals surface area contributed by atoms with Gasteiger partial charge in [-0.25, -0.2) is 4.79 Å². The van der Waals surface area contributed by atoms with Crippen molar-refractivity contribution in [2.24, 2.45) is 0 Å². The zero-order chi connectivity index (χ0) is 22.2. The molecule has 164 valence electrons. The Morgan fingerprint density at radius 3 is 2.39 bits per heavy atom. The molecule has 1 atom stereocenters. The average molecular weight is 424 g/mol. The molecule has 0 heterocycles. The van der Waals surface area contributed by atoms with Crippen LogP contribution in [0.4, 0.5) is 0 Å². The summed E-state index contributed by atoms with van der Waals surface area (Å²) in [4.78, 5) is 35.7. The first-order chi connectivity index (χ1) is 15.0. The van der Waals surface area contributed by atoms with Crippen molar-refractivity contribution in [2.45, 2.75) is 52.0 Å². The Labute approximate surface area is 182 Å². The van der Waals surface area contributed by atoms with Crippen LogP contribution in [0.2, 0.25) is 0 Å². The molecule has 0 saturated heterocycles. The van der Waals surface area contributed by atoms with E-state index in [1.807, 2.05) is 13.0 Å². The van der Waals surface area contributed by atoms with Crippen molar-refractivity contribution < 1.29 is 23.9 Å². The molecule has 2 aromatic rings. The second-order valence-corrected chi connectivity index (χ2v) is 7.77. The van der Waals surface area contributed by atoms with Crippen LogP contribution in [-0.2, 0) is 27.2 Å². The summed E-state index contributed by atoms with van der Waals surface area (Å²) in [6.45, 7) is 3.04. The Kier molecular flexibility index (Phi) is 7.82. The third kappa shape index (κ3) is 6.41. The summed E-state index contributed by atoms with van der Waals surface area (Å²) in [5.41, 5.74) is 4.41. The molecule has 3 rings (SSSR count). The number of hydrogen-bond donors (Lipinski definition) is 1. The minimum Gasteiger partial charge on any atom is -0.482 e. The lowest BCUT2D eigenvalue weighted by Crippen LogP contribution is -2.32. The first-order valence-electron chi connectivity index (χ1n) is 10.8. The summed E-state index contributed by atoms with van der Waals surface area (Å²) in [5.74, 6) is -0.497. The van der Waals surface area contributed by atoms with Gasteiger partial charge in [0.15, 0.2) is 19.0 Å². The van der Waals surface area contributed by atoms with E-state index in [-0.39, 0.29) is 30.9 Å². The molecule has 0 radical (unpaired) electrons. The molecule has 0 aliphatic heterocycles. The van der Waals surface area contributed by atoms with Crippen molar-refractivity contribution in [3.05, 3.63) is 64.7 Å². The molecule has 0 unspecified atom stereocenters. The molecule has 6 nitrogen and oxygen atoms in total. The van der Waals surface area contributed by atoms with Gasteiger partial charge >= 0.3 is 5.97 Å². The van der Waals surface area contributed by atoms with Gasteiger partial charge in [-0.1, -0.05) is 25.1 Å². The fourth-order valence-electron chi connectivity index (χ4n) is 3.66. The minimum absolute atomic E-state index is 0.0431. The maximum Gasteiger partial charge on any atom is 0.344 e. The van der Waals surface area contributed by atoms with Crippen molar-refractivity contribution >= 4 is 17.7 Å². The number of aryl methyl sites for hydroxylation is 2. The number of carbonyl (C=O) groups excluding carboxylic acids is 3. The van der Waals surface area contributed by atoms with E-state index in [4.69, 9.17) is 9.47 Å². The van der Waals surface area contributed by atoms with E-state index in [0.717, 1.165) is 18.4 Å². The fourth-order valence-corrected chi connectivity index (χ4v) is 3.66. The predicted octanol–water partition coefficient (Wildman–Crippen LogP) is 3.96. The Balaban J connectivity index is 1.40. The van der Waals surface area contributed by atoms with E-state index < -0.39 is 5.97 Å². The molecule has 1 aliphatic rings. The number of ether oxygens (including phenoxy) is 2. The molecule has 0 saturated carbocycles. The van der Waals surface area contributed by atoms with E-state index in [1.54, 1.807) is 31.2 Å². The molecular formula is C25H29NO5. The van der Waals surface area contributed by atoms with Gasteiger partial charge in [0.05, 0.1) is 6.04 Å². The van der Waals surface area contributed by atoms with Crippen molar-refractivity contribution in [3.8, 4) is 5.75 Å². The highest BCUT2D eigenvalue weighted by Crippen LogP contribution is 2.24. The zero-order valence-corrected chi connectivity index (χ0v) is 18.1. The van der Waals surface area contributed by atoms with E-state index >= 15 is 0 Å². The number of amides is 1. The third-order valence-electron chi connectivity index (χ3n) is 5.47. The van der Waals surface area contributed by atoms with Gasteiger partial charge in [0.25, 0.3) is 5.91 Å². The zero-order valence-electron chi connectivity index (χ0n) is 18.1. The van der Waals surface area contributed by atoms with Crippen LogP contribution in [0.5, 0.6) is 5.75 Å². The maximum atomic E-state index is 12.2. The quantitative estimate of drug-likeness (QED) is 0.488. The highest BCUT2D eigenvalue weighted by Gasteiger charge is 2.15. The van der Waals surface area contributed by atoms with E-state index in [9.17, 15) is 14.4 Å². The number of Topliss-reactive ketones (excluding diaryl/α,β-unsaturated/α-hetero) is 1. The normalized spacial score (nSPS) is 13.6. The molecule has 2 aromatic carbocycles. The number of rotatable bonds is 9. The molecule has 0 bridgehead atoms. The van der Waals surface area contributed by atoms with E-state index in [1.165, 1.54) is 24.0 Å². The second-order valence-electron chi connectivity index (χ2n) is 7.77. The summed E-state index contributed by atoms with van der Waals surface area (Å²) in [7, 11) is 0. The Bertz CT molecular complexity index is 935. The fraction of sp³-hybridized carbons (Fsp3) is 0.400. The Hall–Kier alpha value is -3.15. The molecule has 0 fully saturated rings. The third-order valence-corrected chi connectivity index (χ3v) is 5.47. The van der Waals surface area contributed by atoms with E-state index in [2.05, 4.69) is 17.4 Å². The minimum atomic E-state index is -0.634. The van der Waals surface area contributed by atoms with Crippen LogP contribution in [0, 0.1) is 0 Å². The maximum absolute atomic E-state index is 12.2. The number of benzene rings is 2. The number of ketones is 1. The summed E-state index contributed by atoms with van der Waals surface area (Å²) < 4.78 is 10.4. The Morgan fingerprint density at radius 2 is 1.68 bits per heavy atom. The molecular weight excluding hydrogens is 394 g/mol.